The van der Waals surface area contributed by atoms with Gasteiger partial charge in [-0.1, -0.05) is 67.8 Å². The van der Waals surface area contributed by atoms with Gasteiger partial charge >= 0.3 is 46.6 Å². The zero-order chi connectivity index (χ0) is 52.2. The van der Waals surface area contributed by atoms with Gasteiger partial charge < -0.3 is 43.6 Å². The van der Waals surface area contributed by atoms with Gasteiger partial charge in [0, 0.05) is 5.41 Å². The van der Waals surface area contributed by atoms with Gasteiger partial charge in [-0.3, -0.25) is 0 Å². The molecular weight excluding hydrogens is 1020 g/mol. The van der Waals surface area contributed by atoms with Gasteiger partial charge in [-0.25, -0.2) is 9.59 Å². The second-order valence-electron chi connectivity index (χ2n) is 23.4. The third kappa shape index (κ3) is 17.6. The molecule has 12 nitrogen and oxygen atoms in total. The maximum atomic E-state index is 13.1. The quantitative estimate of drug-likeness (QED) is 0.0475. The zero-order valence-corrected chi connectivity index (χ0v) is 53.2. The first-order valence-electron chi connectivity index (χ1n) is 24.5. The summed E-state index contributed by atoms with van der Waals surface area (Å²) in [5, 5.41) is 1.89. The van der Waals surface area contributed by atoms with Crippen molar-refractivity contribution in [1.82, 2.24) is 0 Å². The molecule has 384 valence electrons. The Morgan fingerprint density at radius 3 is 0.857 bits per heavy atom. The molecule has 0 aromatic heterocycles. The Hall–Kier alpha value is -3.08. The van der Waals surface area contributed by atoms with E-state index in [1.807, 2.05) is 72.8 Å². The number of carbonyl (C=O) groups is 2. The topological polar surface area (TPSA) is 126 Å². The van der Waals surface area contributed by atoms with E-state index in [4.69, 9.17) is 43.6 Å². The lowest BCUT2D eigenvalue weighted by molar-refractivity contribution is 0.150. The number of rotatable bonds is 20. The Kier molecular flexibility index (Phi) is 18.3. The summed E-state index contributed by atoms with van der Waals surface area (Å²) in [6.45, 7) is 38.5. The molecule has 4 aromatic rings. The zero-order valence-electron chi connectivity index (χ0n) is 45.2. The van der Waals surface area contributed by atoms with E-state index < -0.39 is 79.8 Å². The maximum absolute atomic E-state index is 13.1. The van der Waals surface area contributed by atoms with Crippen LogP contribution < -0.4 is 29.3 Å². The molecule has 1 saturated carbocycles. The Labute approximate surface area is 427 Å². The van der Waals surface area contributed by atoms with Gasteiger partial charge in [0.25, 0.3) is 0 Å². The van der Waals surface area contributed by atoms with Gasteiger partial charge in [-0.2, -0.15) is 0 Å². The molecule has 4 aromatic carbocycles. The van der Waals surface area contributed by atoms with Crippen molar-refractivity contribution in [1.29, 1.82) is 0 Å². The molecule has 70 heavy (non-hydrogen) atoms. The van der Waals surface area contributed by atoms with Crippen LogP contribution in [-0.4, -0.2) is 79.8 Å². The van der Waals surface area contributed by atoms with Crippen molar-refractivity contribution in [3.8, 4) is 23.0 Å². The number of hydrogen-bond acceptors (Lipinski definition) is 12. The molecule has 1 aliphatic rings. The van der Waals surface area contributed by atoms with Crippen LogP contribution in [0.5, 0.6) is 23.0 Å². The molecule has 0 amide bonds. The van der Waals surface area contributed by atoms with Crippen LogP contribution in [0.25, 0.3) is 0 Å². The molecule has 0 aliphatic heterocycles. The first-order valence-corrected chi connectivity index (χ1v) is 48.4. The fraction of sp³-hybridized carbons (Fsp3) is 0.480. The normalized spacial score (nSPS) is 16.7. The highest BCUT2D eigenvalue weighted by atomic mass is 28.5. The van der Waals surface area contributed by atoms with Crippen molar-refractivity contribution in [2.24, 2.45) is 0 Å². The van der Waals surface area contributed by atoms with Gasteiger partial charge in [0.05, 0.1) is 0 Å². The molecule has 2 atom stereocenters. The number of benzene rings is 4. The molecule has 0 spiro atoms. The highest BCUT2D eigenvalue weighted by Gasteiger charge is 2.48. The van der Waals surface area contributed by atoms with Crippen molar-refractivity contribution in [3.05, 3.63) is 108 Å². The third-order valence-corrected chi connectivity index (χ3v) is 37.7. The van der Waals surface area contributed by atoms with E-state index in [1.54, 1.807) is 24.3 Å². The van der Waals surface area contributed by atoms with Gasteiger partial charge in [0.15, 0.2) is 33.3 Å². The summed E-state index contributed by atoms with van der Waals surface area (Å²) in [7, 11) is -18.6. The lowest BCUT2D eigenvalue weighted by Gasteiger charge is -2.41. The molecule has 0 heterocycles. The molecule has 0 radical (unpaired) electrons. The third-order valence-electron chi connectivity index (χ3n) is 11.1. The summed E-state index contributed by atoms with van der Waals surface area (Å²) < 4.78 is 63.0. The summed E-state index contributed by atoms with van der Waals surface area (Å²) in [4.78, 5) is 26.2. The minimum atomic E-state index is -2.90. The predicted molar refractivity (Wildman–Crippen MR) is 300 cm³/mol. The molecule has 1 aliphatic carbocycles. The Morgan fingerprint density at radius 2 is 0.600 bits per heavy atom. The average Bonchev–Trinajstić information content (AvgIpc) is 3.18. The van der Waals surface area contributed by atoms with Crippen LogP contribution in [0.4, 0.5) is 9.59 Å². The summed E-state index contributed by atoms with van der Waals surface area (Å²) >= 11 is 0. The molecule has 0 bridgehead atoms. The highest BCUT2D eigenvalue weighted by Crippen LogP contribution is 2.45. The van der Waals surface area contributed by atoms with E-state index >= 15 is 0 Å². The molecule has 1 fully saturated rings. The van der Waals surface area contributed by atoms with E-state index in [0.717, 1.165) is 53.6 Å². The smallest absolute Gasteiger partial charge is 0.437 e. The van der Waals surface area contributed by atoms with E-state index in [-0.39, 0.29) is 5.41 Å². The standard InChI is InChI=1S/C50H80O12Si8/c1-63(2,3)57-67(13,14)61-69(17,59-65(7,8)9)46-34-30-44(31-35-46)55-48(51)53-42-26-22-40(23-27-42)50(38-20-19-21-39-50)41-24-28-43(29-25-41)54-49(52)56-45-32-36-47(37-33-45)70(18,60-66(10,11)12)62-68(15,16)58-64(4,5)6/h22-37H,19-21,38-39H2,1-18H3. The Balaban J connectivity index is 1.22. The van der Waals surface area contributed by atoms with E-state index in [0.29, 0.717) is 23.0 Å². The van der Waals surface area contributed by atoms with Crippen LogP contribution in [0.2, 0.25) is 118 Å². The van der Waals surface area contributed by atoms with E-state index in [9.17, 15) is 9.59 Å². The second kappa shape index (κ2) is 22.2. The SMILES string of the molecule is C[Si](C)(C)O[Si](C)(C)O[Si](C)(O[Si](C)(C)C)c1ccc(OC(=O)Oc2ccc(C3(c4ccc(OC(=O)Oc5ccc([Si](C)(O[Si](C)(C)C)O[Si](C)(C)O[Si](C)(C)C)cc5)cc4)CCCCC3)cc2)cc1. The largest absolute Gasteiger partial charge is 0.519 e. The first-order chi connectivity index (χ1) is 32.1. The maximum Gasteiger partial charge on any atom is 0.519 e. The van der Waals surface area contributed by atoms with Crippen molar-refractivity contribution in [3.63, 3.8) is 0 Å². The summed E-state index contributed by atoms with van der Waals surface area (Å²) in [6.07, 6.45) is 3.53. The predicted octanol–water partition coefficient (Wildman–Crippen LogP) is 13.5. The monoisotopic (exact) mass is 1100 g/mol. The second-order valence-corrected chi connectivity index (χ2v) is 55.7. The van der Waals surface area contributed by atoms with Crippen LogP contribution in [0.1, 0.15) is 43.2 Å². The van der Waals surface area contributed by atoms with Gasteiger partial charge in [0.2, 0.25) is 0 Å². The van der Waals surface area contributed by atoms with Gasteiger partial charge in [-0.15, -0.1) is 0 Å². The lowest BCUT2D eigenvalue weighted by atomic mass is 9.65. The molecule has 2 unspecified atom stereocenters. The average molecular weight is 1100 g/mol. The van der Waals surface area contributed by atoms with Crippen molar-refractivity contribution in [2.75, 3.05) is 0 Å². The lowest BCUT2D eigenvalue weighted by Crippen LogP contribution is -2.62. The first kappa shape index (κ1) is 57.8. The van der Waals surface area contributed by atoms with Crippen molar-refractivity contribution in [2.45, 2.75) is 155 Å². The summed E-state index contributed by atoms with van der Waals surface area (Å²) in [5.41, 5.74) is 1.97. The van der Waals surface area contributed by atoms with E-state index in [2.05, 4.69) is 118 Å². The van der Waals surface area contributed by atoms with Crippen molar-refractivity contribution >= 4 is 90.2 Å². The minimum Gasteiger partial charge on any atom is -0.437 e. The Bertz CT molecular complexity index is 2210. The molecule has 0 N–H and O–H groups in total. The van der Waals surface area contributed by atoms with Crippen LogP contribution in [0.15, 0.2) is 97.1 Å². The Morgan fingerprint density at radius 1 is 0.343 bits per heavy atom. The van der Waals surface area contributed by atoms with Crippen LogP contribution in [0, 0.1) is 0 Å². The van der Waals surface area contributed by atoms with Gasteiger partial charge in [-0.05, 0) is 201 Å². The fourth-order valence-electron chi connectivity index (χ4n) is 9.56. The molecule has 0 saturated heterocycles. The minimum absolute atomic E-state index is 0.266. The van der Waals surface area contributed by atoms with Crippen LogP contribution in [0.3, 0.4) is 0 Å². The van der Waals surface area contributed by atoms with Crippen molar-refractivity contribution < 1.29 is 53.2 Å². The molecule has 5 rings (SSSR count). The number of carbonyl (C=O) groups excluding carboxylic acids is 2. The number of hydrogen-bond donors (Lipinski definition) is 0. The molecular formula is C50H80O12Si8. The fourth-order valence-corrected chi connectivity index (χ4v) is 43.8. The highest BCUT2D eigenvalue weighted by molar-refractivity contribution is 6.96. The molecule has 20 heteroatoms. The summed E-state index contributed by atoms with van der Waals surface area (Å²) in [5.74, 6) is 1.46. The van der Waals surface area contributed by atoms with Crippen LogP contribution >= 0.6 is 0 Å². The number of ether oxygens (including phenoxy) is 4. The van der Waals surface area contributed by atoms with Gasteiger partial charge in [0.1, 0.15) is 23.0 Å². The van der Waals surface area contributed by atoms with Crippen LogP contribution in [-0.2, 0) is 30.1 Å². The van der Waals surface area contributed by atoms with E-state index in [1.165, 1.54) is 0 Å². The summed E-state index contributed by atoms with van der Waals surface area (Å²) in [6, 6.07) is 30.0.